The lowest BCUT2D eigenvalue weighted by molar-refractivity contribution is -0.118. The van der Waals surface area contributed by atoms with Crippen molar-refractivity contribution in [3.05, 3.63) is 40.4 Å². The van der Waals surface area contributed by atoms with Crippen LogP contribution in [0.4, 0.5) is 5.13 Å². The van der Waals surface area contributed by atoms with Crippen molar-refractivity contribution < 1.29 is 19.4 Å². The summed E-state index contributed by atoms with van der Waals surface area (Å²) in [6, 6.07) is 5.61. The molecule has 2 rings (SSSR count). The van der Waals surface area contributed by atoms with Crippen LogP contribution in [0.25, 0.3) is 0 Å². The average molecular weight is 306 g/mol. The number of anilines is 1. The monoisotopic (exact) mass is 306 g/mol. The molecule has 1 heterocycles. The number of aryl methyl sites for hydroxylation is 1. The van der Waals surface area contributed by atoms with Gasteiger partial charge in [0.1, 0.15) is 5.75 Å². The summed E-state index contributed by atoms with van der Waals surface area (Å²) in [5.41, 5.74) is 1.97. The van der Waals surface area contributed by atoms with Gasteiger partial charge in [0.2, 0.25) is 0 Å². The van der Waals surface area contributed by atoms with Crippen LogP contribution in [0, 0.1) is 13.8 Å². The highest BCUT2D eigenvalue weighted by molar-refractivity contribution is 7.14. The number of nitrogens with one attached hydrogen (secondary N) is 1. The van der Waals surface area contributed by atoms with Gasteiger partial charge in [0.15, 0.2) is 17.4 Å². The topological polar surface area (TPSA) is 88.5 Å². The maximum absolute atomic E-state index is 11.7. The van der Waals surface area contributed by atoms with Gasteiger partial charge in [-0.25, -0.2) is 9.78 Å². The first-order chi connectivity index (χ1) is 9.97. The number of benzene rings is 1. The summed E-state index contributed by atoms with van der Waals surface area (Å²) in [4.78, 5) is 26.2. The van der Waals surface area contributed by atoms with Crippen molar-refractivity contribution in [2.75, 3.05) is 11.9 Å². The van der Waals surface area contributed by atoms with Gasteiger partial charge in [-0.2, -0.15) is 0 Å². The summed E-state index contributed by atoms with van der Waals surface area (Å²) >= 11 is 1.05. The van der Waals surface area contributed by atoms with E-state index in [4.69, 9.17) is 9.84 Å². The molecule has 1 aromatic carbocycles. The Morgan fingerprint density at radius 3 is 2.81 bits per heavy atom. The van der Waals surface area contributed by atoms with E-state index in [0.717, 1.165) is 22.5 Å². The maximum Gasteiger partial charge on any atom is 0.355 e. The van der Waals surface area contributed by atoms with E-state index >= 15 is 0 Å². The quantitative estimate of drug-likeness (QED) is 0.886. The van der Waals surface area contributed by atoms with Gasteiger partial charge < -0.3 is 9.84 Å². The Morgan fingerprint density at radius 2 is 2.14 bits per heavy atom. The molecule has 6 nitrogen and oxygen atoms in total. The first kappa shape index (κ1) is 15.0. The molecule has 0 spiro atoms. The zero-order valence-corrected chi connectivity index (χ0v) is 12.4. The summed E-state index contributed by atoms with van der Waals surface area (Å²) in [6.45, 7) is 3.72. The van der Waals surface area contributed by atoms with Gasteiger partial charge in [0.25, 0.3) is 5.91 Å². The van der Waals surface area contributed by atoms with Gasteiger partial charge in [0.05, 0.1) is 0 Å². The van der Waals surface area contributed by atoms with Gasteiger partial charge in [-0.05, 0) is 31.0 Å². The zero-order valence-electron chi connectivity index (χ0n) is 11.5. The molecule has 0 fully saturated rings. The minimum absolute atomic E-state index is 0.0919. The van der Waals surface area contributed by atoms with E-state index in [2.05, 4.69) is 10.3 Å². The molecule has 2 N–H and O–H groups in total. The van der Waals surface area contributed by atoms with Crippen LogP contribution in [-0.4, -0.2) is 28.6 Å². The number of carboxylic acid groups (broad SMARTS) is 1. The fourth-order valence-electron chi connectivity index (χ4n) is 1.61. The van der Waals surface area contributed by atoms with Crippen LogP contribution < -0.4 is 10.1 Å². The van der Waals surface area contributed by atoms with Gasteiger partial charge in [0, 0.05) is 5.38 Å². The molecule has 0 saturated heterocycles. The lowest BCUT2D eigenvalue weighted by Gasteiger charge is -2.10. The second kappa shape index (κ2) is 6.36. The second-order valence-electron chi connectivity index (χ2n) is 4.38. The van der Waals surface area contributed by atoms with E-state index in [9.17, 15) is 9.59 Å². The number of carbonyl (C=O) groups excluding carboxylic acids is 1. The van der Waals surface area contributed by atoms with Gasteiger partial charge in [-0.1, -0.05) is 12.1 Å². The number of hydrogen-bond donors (Lipinski definition) is 2. The Labute approximate surface area is 125 Å². The van der Waals surface area contributed by atoms with Crippen molar-refractivity contribution >= 4 is 28.3 Å². The Hall–Kier alpha value is -2.41. The standard InChI is InChI=1S/C14H14N2O4S/c1-8-4-3-5-11(9(8)2)20-6-12(17)16-14-15-10(7-21-14)13(18)19/h3-5,7H,6H2,1-2H3,(H,18,19)(H,15,16,17). The predicted octanol–water partition coefficient (Wildman–Crippen LogP) is 2.48. The lowest BCUT2D eigenvalue weighted by Crippen LogP contribution is -2.20. The zero-order chi connectivity index (χ0) is 15.4. The Morgan fingerprint density at radius 1 is 1.38 bits per heavy atom. The van der Waals surface area contributed by atoms with E-state index in [1.165, 1.54) is 5.38 Å². The molecule has 1 amide bonds. The van der Waals surface area contributed by atoms with E-state index in [1.807, 2.05) is 26.0 Å². The largest absolute Gasteiger partial charge is 0.483 e. The Bertz CT molecular complexity index is 681. The molecule has 7 heteroatoms. The van der Waals surface area contributed by atoms with Crippen LogP contribution >= 0.6 is 11.3 Å². The summed E-state index contributed by atoms with van der Waals surface area (Å²) in [5.74, 6) is -0.865. The Kier molecular flexibility index (Phi) is 4.54. The Balaban J connectivity index is 1.92. The number of aromatic nitrogens is 1. The minimum Gasteiger partial charge on any atom is -0.483 e. The number of ether oxygens (including phenoxy) is 1. The maximum atomic E-state index is 11.7. The smallest absolute Gasteiger partial charge is 0.355 e. The number of hydrogen-bond acceptors (Lipinski definition) is 5. The molecular formula is C14H14N2O4S. The summed E-state index contributed by atoms with van der Waals surface area (Å²) in [5, 5.41) is 12.9. The third kappa shape index (κ3) is 3.79. The number of thiazole rings is 1. The molecule has 21 heavy (non-hydrogen) atoms. The van der Waals surface area contributed by atoms with E-state index in [-0.39, 0.29) is 23.3 Å². The third-order valence-corrected chi connectivity index (χ3v) is 3.64. The SMILES string of the molecule is Cc1cccc(OCC(=O)Nc2nc(C(=O)O)cs2)c1C. The fourth-order valence-corrected chi connectivity index (χ4v) is 2.31. The summed E-state index contributed by atoms with van der Waals surface area (Å²) in [6.07, 6.45) is 0. The molecule has 0 bridgehead atoms. The molecule has 2 aromatic rings. The van der Waals surface area contributed by atoms with E-state index < -0.39 is 5.97 Å². The first-order valence-electron chi connectivity index (χ1n) is 6.15. The van der Waals surface area contributed by atoms with Gasteiger partial charge in [-0.15, -0.1) is 11.3 Å². The van der Waals surface area contributed by atoms with Crippen LogP contribution in [0.5, 0.6) is 5.75 Å². The lowest BCUT2D eigenvalue weighted by atomic mass is 10.1. The van der Waals surface area contributed by atoms with Crippen molar-refractivity contribution in [2.24, 2.45) is 0 Å². The van der Waals surface area contributed by atoms with E-state index in [0.29, 0.717) is 5.75 Å². The van der Waals surface area contributed by atoms with Gasteiger partial charge in [-0.3, -0.25) is 10.1 Å². The van der Waals surface area contributed by atoms with Crippen molar-refractivity contribution in [1.29, 1.82) is 0 Å². The predicted molar refractivity (Wildman–Crippen MR) is 79.1 cm³/mol. The second-order valence-corrected chi connectivity index (χ2v) is 5.24. The molecule has 0 aliphatic rings. The number of carboxylic acids is 1. The highest BCUT2D eigenvalue weighted by atomic mass is 32.1. The van der Waals surface area contributed by atoms with Crippen molar-refractivity contribution in [3.63, 3.8) is 0 Å². The van der Waals surface area contributed by atoms with E-state index in [1.54, 1.807) is 6.07 Å². The van der Waals surface area contributed by atoms with Crippen molar-refractivity contribution in [2.45, 2.75) is 13.8 Å². The molecule has 0 atom stereocenters. The van der Waals surface area contributed by atoms with Crippen LogP contribution in [0.1, 0.15) is 21.6 Å². The molecule has 0 radical (unpaired) electrons. The molecule has 0 saturated carbocycles. The molecule has 0 aliphatic heterocycles. The first-order valence-corrected chi connectivity index (χ1v) is 7.03. The number of amides is 1. The highest BCUT2D eigenvalue weighted by Crippen LogP contribution is 2.20. The molecular weight excluding hydrogens is 292 g/mol. The van der Waals surface area contributed by atoms with Crippen LogP contribution in [0.3, 0.4) is 0 Å². The minimum atomic E-state index is -1.13. The molecule has 0 unspecified atom stereocenters. The number of nitrogens with zero attached hydrogens (tertiary/aromatic N) is 1. The molecule has 110 valence electrons. The number of aromatic carboxylic acids is 1. The summed E-state index contributed by atoms with van der Waals surface area (Å²) < 4.78 is 5.45. The normalized spacial score (nSPS) is 10.2. The number of rotatable bonds is 5. The molecule has 1 aromatic heterocycles. The van der Waals surface area contributed by atoms with Crippen molar-refractivity contribution in [1.82, 2.24) is 4.98 Å². The van der Waals surface area contributed by atoms with Gasteiger partial charge >= 0.3 is 5.97 Å². The number of carbonyl (C=O) groups is 2. The van der Waals surface area contributed by atoms with Crippen LogP contribution in [0.15, 0.2) is 23.6 Å². The summed E-state index contributed by atoms with van der Waals surface area (Å²) in [7, 11) is 0. The third-order valence-electron chi connectivity index (χ3n) is 2.88. The fraction of sp³-hybridized carbons (Fsp3) is 0.214. The highest BCUT2D eigenvalue weighted by Gasteiger charge is 2.11. The van der Waals surface area contributed by atoms with Crippen molar-refractivity contribution in [3.8, 4) is 5.75 Å². The molecule has 0 aliphatic carbocycles. The van der Waals surface area contributed by atoms with Crippen LogP contribution in [0.2, 0.25) is 0 Å². The van der Waals surface area contributed by atoms with Crippen LogP contribution in [-0.2, 0) is 4.79 Å². The average Bonchev–Trinajstić information content (AvgIpc) is 2.89.